The van der Waals surface area contributed by atoms with E-state index in [0.29, 0.717) is 12.2 Å². The standard InChI is InChI=1S/C22H26FN3O3/c1-2-29-22(28)17-11-26(13-6-7-13)19-15-5-3-4-14-8-12(24)10-25(14)20(15)18(23)9-16(19)21(17)27/h9,11-14H,2-8,10,24H2,1H3/t12-,14?/m0/s1. The van der Waals surface area contributed by atoms with Gasteiger partial charge in [0, 0.05) is 41.8 Å². The number of halogens is 1. The topological polar surface area (TPSA) is 77.6 Å². The van der Waals surface area contributed by atoms with Gasteiger partial charge in [0.05, 0.1) is 17.8 Å². The fourth-order valence-corrected chi connectivity index (χ4v) is 5.11. The minimum absolute atomic E-state index is 0.0136. The second-order valence-electron chi connectivity index (χ2n) is 8.51. The average molecular weight is 399 g/mol. The van der Waals surface area contributed by atoms with Crippen molar-refractivity contribution in [3.8, 4) is 0 Å². The maximum Gasteiger partial charge on any atom is 0.343 e. The van der Waals surface area contributed by atoms with Crippen LogP contribution in [0.3, 0.4) is 0 Å². The van der Waals surface area contributed by atoms with E-state index in [2.05, 4.69) is 4.90 Å². The van der Waals surface area contributed by atoms with Crippen molar-refractivity contribution in [1.82, 2.24) is 4.57 Å². The van der Waals surface area contributed by atoms with Crippen LogP contribution >= 0.6 is 0 Å². The minimum Gasteiger partial charge on any atom is -0.462 e. The lowest BCUT2D eigenvalue weighted by Gasteiger charge is -2.27. The number of fused-ring (bicyclic) bond motifs is 5. The Bertz CT molecular complexity index is 1060. The number of carbonyl (C=O) groups excluding carboxylic acids is 1. The minimum atomic E-state index is -0.644. The fourth-order valence-electron chi connectivity index (χ4n) is 5.11. The first-order valence-electron chi connectivity index (χ1n) is 10.6. The molecule has 0 amide bonds. The molecule has 5 rings (SSSR count). The number of hydrogen-bond donors (Lipinski definition) is 1. The molecule has 3 aliphatic rings. The smallest absolute Gasteiger partial charge is 0.343 e. The first-order chi connectivity index (χ1) is 14.0. The molecule has 2 fully saturated rings. The number of esters is 1. The first kappa shape index (κ1) is 18.6. The number of ether oxygens (including phenoxy) is 1. The maximum atomic E-state index is 15.4. The molecule has 1 saturated heterocycles. The van der Waals surface area contributed by atoms with Crippen LogP contribution in [-0.2, 0) is 11.2 Å². The van der Waals surface area contributed by atoms with Crippen molar-refractivity contribution >= 4 is 22.6 Å². The second-order valence-corrected chi connectivity index (χ2v) is 8.51. The summed E-state index contributed by atoms with van der Waals surface area (Å²) in [7, 11) is 0. The molecule has 1 aromatic carbocycles. The number of hydrogen-bond acceptors (Lipinski definition) is 5. The van der Waals surface area contributed by atoms with Gasteiger partial charge >= 0.3 is 5.97 Å². The number of nitrogens with two attached hydrogens (primary N) is 1. The Balaban J connectivity index is 1.80. The van der Waals surface area contributed by atoms with Crippen molar-refractivity contribution in [2.24, 2.45) is 5.73 Å². The molecule has 29 heavy (non-hydrogen) atoms. The Morgan fingerprint density at radius 3 is 2.83 bits per heavy atom. The molecule has 2 atom stereocenters. The number of aryl methyl sites for hydroxylation is 1. The Morgan fingerprint density at radius 2 is 2.10 bits per heavy atom. The Kier molecular flexibility index (Phi) is 4.38. The van der Waals surface area contributed by atoms with Gasteiger partial charge in [-0.25, -0.2) is 9.18 Å². The van der Waals surface area contributed by atoms with Crippen LogP contribution in [0.4, 0.5) is 10.1 Å². The molecule has 7 heteroatoms. The van der Waals surface area contributed by atoms with E-state index >= 15 is 4.39 Å². The van der Waals surface area contributed by atoms with Gasteiger partial charge in [-0.2, -0.15) is 0 Å². The summed E-state index contributed by atoms with van der Waals surface area (Å²) in [5.41, 5.74) is 7.99. The van der Waals surface area contributed by atoms with Crippen LogP contribution in [0.25, 0.3) is 10.9 Å². The highest BCUT2D eigenvalue weighted by atomic mass is 19.1. The van der Waals surface area contributed by atoms with E-state index < -0.39 is 17.2 Å². The van der Waals surface area contributed by atoms with Crippen molar-refractivity contribution in [2.75, 3.05) is 18.1 Å². The third kappa shape index (κ3) is 2.94. The summed E-state index contributed by atoms with van der Waals surface area (Å²) < 4.78 is 22.5. The summed E-state index contributed by atoms with van der Waals surface area (Å²) in [4.78, 5) is 27.6. The molecule has 1 unspecified atom stereocenters. The van der Waals surface area contributed by atoms with Gasteiger partial charge in [0.1, 0.15) is 11.4 Å². The number of rotatable bonds is 3. The molecule has 6 nitrogen and oxygen atoms in total. The van der Waals surface area contributed by atoms with Crippen molar-refractivity contribution in [3.05, 3.63) is 39.4 Å². The number of anilines is 1. The SMILES string of the molecule is CCOC(=O)c1cn(C2CC2)c2c3c(c(F)cc2c1=O)N1C[C@@H](N)CC1CCC3. The van der Waals surface area contributed by atoms with E-state index in [1.54, 1.807) is 13.1 Å². The summed E-state index contributed by atoms with van der Waals surface area (Å²) in [6.07, 6.45) is 7.10. The summed E-state index contributed by atoms with van der Waals surface area (Å²) in [5, 5.41) is 0.278. The van der Waals surface area contributed by atoms with E-state index in [-0.39, 0.29) is 35.7 Å². The van der Waals surface area contributed by atoms with Crippen LogP contribution in [0, 0.1) is 5.82 Å². The van der Waals surface area contributed by atoms with E-state index in [9.17, 15) is 9.59 Å². The zero-order chi connectivity index (χ0) is 20.3. The maximum absolute atomic E-state index is 15.4. The Labute approximate surface area is 168 Å². The van der Waals surface area contributed by atoms with Gasteiger partial charge in [-0.15, -0.1) is 0 Å². The van der Waals surface area contributed by atoms with Crippen LogP contribution in [0.2, 0.25) is 0 Å². The Morgan fingerprint density at radius 1 is 1.31 bits per heavy atom. The van der Waals surface area contributed by atoms with Crippen molar-refractivity contribution in [3.63, 3.8) is 0 Å². The second kappa shape index (κ2) is 6.83. The van der Waals surface area contributed by atoms with Gasteiger partial charge in [-0.1, -0.05) is 0 Å². The molecule has 0 radical (unpaired) electrons. The van der Waals surface area contributed by atoms with Crippen LogP contribution in [-0.4, -0.2) is 35.8 Å². The summed E-state index contributed by atoms with van der Waals surface area (Å²) in [6, 6.07) is 1.85. The average Bonchev–Trinajstić information content (AvgIpc) is 3.47. The quantitative estimate of drug-likeness (QED) is 0.803. The third-order valence-electron chi connectivity index (χ3n) is 6.47. The number of benzene rings is 1. The van der Waals surface area contributed by atoms with E-state index in [0.717, 1.165) is 49.6 Å². The van der Waals surface area contributed by atoms with Gasteiger partial charge in [0.2, 0.25) is 5.43 Å². The number of nitrogens with zero attached hydrogens (tertiary/aromatic N) is 2. The lowest BCUT2D eigenvalue weighted by atomic mass is 9.99. The highest BCUT2D eigenvalue weighted by molar-refractivity contribution is 5.96. The van der Waals surface area contributed by atoms with Gasteiger partial charge in [0.15, 0.2) is 0 Å². The van der Waals surface area contributed by atoms with E-state index in [4.69, 9.17) is 10.5 Å². The Hall–Kier alpha value is -2.41. The molecule has 1 saturated carbocycles. The van der Waals surface area contributed by atoms with E-state index in [1.165, 1.54) is 6.07 Å². The van der Waals surface area contributed by atoms with Crippen molar-refractivity contribution < 1.29 is 13.9 Å². The van der Waals surface area contributed by atoms with Gasteiger partial charge in [-0.05, 0) is 51.5 Å². The molecule has 0 bridgehead atoms. The van der Waals surface area contributed by atoms with Gasteiger partial charge in [-0.3, -0.25) is 4.79 Å². The molecule has 0 spiro atoms. The molecule has 1 aliphatic carbocycles. The molecule has 3 heterocycles. The summed E-state index contributed by atoms with van der Waals surface area (Å²) in [6.45, 7) is 2.53. The molecule has 1 aromatic heterocycles. The first-order valence-corrected chi connectivity index (χ1v) is 10.6. The largest absolute Gasteiger partial charge is 0.462 e. The third-order valence-corrected chi connectivity index (χ3v) is 6.47. The molecule has 154 valence electrons. The summed E-state index contributed by atoms with van der Waals surface area (Å²) >= 11 is 0. The monoisotopic (exact) mass is 399 g/mol. The van der Waals surface area contributed by atoms with Crippen LogP contribution in [0.5, 0.6) is 0 Å². The molecule has 2 N–H and O–H groups in total. The normalized spacial score (nSPS) is 23.6. The van der Waals surface area contributed by atoms with E-state index in [1.807, 2.05) is 4.57 Å². The lowest BCUT2D eigenvalue weighted by molar-refractivity contribution is 0.0524. The number of pyridine rings is 1. The predicted molar refractivity (Wildman–Crippen MR) is 109 cm³/mol. The van der Waals surface area contributed by atoms with Crippen LogP contribution in [0.15, 0.2) is 17.1 Å². The summed E-state index contributed by atoms with van der Waals surface area (Å²) in [5.74, 6) is -1.04. The zero-order valence-corrected chi connectivity index (χ0v) is 16.6. The van der Waals surface area contributed by atoms with Gasteiger partial charge < -0.3 is 19.9 Å². The molecular formula is C22H26FN3O3. The van der Waals surface area contributed by atoms with Crippen LogP contribution < -0.4 is 16.1 Å². The zero-order valence-electron chi connectivity index (χ0n) is 16.6. The van der Waals surface area contributed by atoms with Crippen molar-refractivity contribution in [2.45, 2.75) is 63.6 Å². The lowest BCUT2D eigenvalue weighted by Crippen LogP contribution is -2.31. The number of carbonyl (C=O) groups is 1. The fraction of sp³-hybridized carbons (Fsp3) is 0.545. The highest BCUT2D eigenvalue weighted by Gasteiger charge is 2.37. The molecule has 2 aliphatic heterocycles. The van der Waals surface area contributed by atoms with Gasteiger partial charge in [0.25, 0.3) is 0 Å². The highest BCUT2D eigenvalue weighted by Crippen LogP contribution is 2.43. The number of aromatic nitrogens is 1. The molecular weight excluding hydrogens is 373 g/mol. The molecule has 2 aromatic rings. The van der Waals surface area contributed by atoms with Crippen molar-refractivity contribution in [1.29, 1.82) is 0 Å². The predicted octanol–water partition coefficient (Wildman–Crippen LogP) is 2.89. The van der Waals surface area contributed by atoms with Crippen LogP contribution in [0.1, 0.15) is 61.0 Å².